The molecule has 0 amide bonds. The molecule has 0 aliphatic heterocycles. The van der Waals surface area contributed by atoms with Crippen molar-refractivity contribution in [3.8, 4) is 0 Å². The fraction of sp³-hybridized carbons (Fsp3) is 0.438. The van der Waals surface area contributed by atoms with Crippen LogP contribution >= 0.6 is 15.9 Å². The summed E-state index contributed by atoms with van der Waals surface area (Å²) in [5.41, 5.74) is 9.07. The minimum atomic E-state index is -0.195. The molecule has 0 fully saturated rings. The number of benzene rings is 1. The number of aromatic nitrogens is 2. The van der Waals surface area contributed by atoms with Crippen LogP contribution in [0.1, 0.15) is 23.9 Å². The van der Waals surface area contributed by atoms with Gasteiger partial charge in [0.2, 0.25) is 0 Å². The summed E-state index contributed by atoms with van der Waals surface area (Å²) in [7, 11) is 0. The molecule has 1 unspecified atom stereocenters. The van der Waals surface area contributed by atoms with E-state index in [1.165, 1.54) is 11.8 Å². The van der Waals surface area contributed by atoms with E-state index in [9.17, 15) is 4.39 Å². The van der Waals surface area contributed by atoms with Crippen LogP contribution in [0.2, 0.25) is 0 Å². The average Bonchev–Trinajstić information content (AvgIpc) is 2.74. The maximum absolute atomic E-state index is 13.3. The molecule has 1 aromatic heterocycles. The molecule has 0 bridgehead atoms. The molecule has 0 saturated carbocycles. The summed E-state index contributed by atoms with van der Waals surface area (Å²) in [6.07, 6.45) is 1.61. The summed E-state index contributed by atoms with van der Waals surface area (Å²) < 4.78 is 16.3. The van der Waals surface area contributed by atoms with Gasteiger partial charge >= 0.3 is 0 Å². The van der Waals surface area contributed by atoms with Crippen molar-refractivity contribution in [3.63, 3.8) is 0 Å². The number of aryl methyl sites for hydroxylation is 2. The monoisotopic (exact) mass is 353 g/mol. The third-order valence-corrected chi connectivity index (χ3v) is 4.71. The van der Waals surface area contributed by atoms with Crippen LogP contribution in [0.3, 0.4) is 0 Å². The van der Waals surface area contributed by atoms with Gasteiger partial charge in [-0.1, -0.05) is 12.1 Å². The zero-order valence-corrected chi connectivity index (χ0v) is 14.0. The van der Waals surface area contributed by atoms with Crippen LogP contribution in [0.15, 0.2) is 28.7 Å². The quantitative estimate of drug-likeness (QED) is 0.863. The van der Waals surface area contributed by atoms with Gasteiger partial charge < -0.3 is 5.73 Å². The number of rotatable bonds is 6. The molecular weight excluding hydrogens is 333 g/mol. The zero-order chi connectivity index (χ0) is 15.4. The summed E-state index contributed by atoms with van der Waals surface area (Å²) >= 11 is 3.61. The minimum Gasteiger partial charge on any atom is -0.330 e. The van der Waals surface area contributed by atoms with Gasteiger partial charge in [0.1, 0.15) is 5.82 Å². The first-order valence-electron chi connectivity index (χ1n) is 7.21. The predicted octanol–water partition coefficient (Wildman–Crippen LogP) is 3.47. The molecule has 21 heavy (non-hydrogen) atoms. The lowest BCUT2D eigenvalue weighted by Crippen LogP contribution is -2.21. The third kappa shape index (κ3) is 3.92. The van der Waals surface area contributed by atoms with Gasteiger partial charge in [-0.3, -0.25) is 4.68 Å². The first-order valence-corrected chi connectivity index (χ1v) is 8.00. The van der Waals surface area contributed by atoms with Gasteiger partial charge in [-0.25, -0.2) is 4.39 Å². The Morgan fingerprint density at radius 3 is 2.76 bits per heavy atom. The molecule has 0 radical (unpaired) electrons. The first kappa shape index (κ1) is 16.2. The van der Waals surface area contributed by atoms with E-state index < -0.39 is 0 Å². The van der Waals surface area contributed by atoms with Crippen LogP contribution in [0.5, 0.6) is 0 Å². The maximum Gasteiger partial charge on any atom is 0.123 e. The second kappa shape index (κ2) is 7.18. The van der Waals surface area contributed by atoms with Crippen molar-refractivity contribution in [1.82, 2.24) is 9.78 Å². The van der Waals surface area contributed by atoms with Crippen molar-refractivity contribution in [3.05, 3.63) is 51.5 Å². The van der Waals surface area contributed by atoms with E-state index in [2.05, 4.69) is 28.0 Å². The van der Waals surface area contributed by atoms with Crippen molar-refractivity contribution >= 4 is 15.9 Å². The maximum atomic E-state index is 13.3. The molecule has 0 aliphatic rings. The minimum absolute atomic E-state index is 0.195. The molecule has 0 spiro atoms. The lowest BCUT2D eigenvalue weighted by atomic mass is 9.94. The Kier molecular flexibility index (Phi) is 5.53. The first-order chi connectivity index (χ1) is 10.0. The Bertz CT molecular complexity index is 610. The van der Waals surface area contributed by atoms with Crippen LogP contribution in [0.4, 0.5) is 4.39 Å². The molecule has 0 saturated heterocycles. The van der Waals surface area contributed by atoms with Crippen molar-refractivity contribution in [2.24, 2.45) is 11.7 Å². The Hall–Kier alpha value is -1.20. The van der Waals surface area contributed by atoms with Gasteiger partial charge in [-0.05, 0) is 72.8 Å². The average molecular weight is 354 g/mol. The highest BCUT2D eigenvalue weighted by atomic mass is 79.9. The van der Waals surface area contributed by atoms with E-state index in [1.54, 1.807) is 12.1 Å². The van der Waals surface area contributed by atoms with E-state index in [1.807, 2.05) is 17.7 Å². The lowest BCUT2D eigenvalue weighted by Gasteiger charge is -2.16. The molecule has 5 heteroatoms. The molecule has 0 aliphatic carbocycles. The fourth-order valence-corrected chi connectivity index (χ4v) is 3.02. The molecule has 1 aromatic carbocycles. The van der Waals surface area contributed by atoms with Crippen molar-refractivity contribution in [2.75, 3.05) is 6.54 Å². The molecular formula is C16H21BrFN3. The zero-order valence-electron chi connectivity index (χ0n) is 12.4. The fourth-order valence-electron chi connectivity index (χ4n) is 2.57. The lowest BCUT2D eigenvalue weighted by molar-refractivity contribution is 0.496. The Morgan fingerprint density at radius 2 is 2.14 bits per heavy atom. The largest absolute Gasteiger partial charge is 0.330 e. The summed E-state index contributed by atoms with van der Waals surface area (Å²) in [4.78, 5) is 0. The van der Waals surface area contributed by atoms with Gasteiger partial charge in [0, 0.05) is 6.54 Å². The van der Waals surface area contributed by atoms with Crippen LogP contribution < -0.4 is 5.73 Å². The summed E-state index contributed by atoms with van der Waals surface area (Å²) in [6.45, 7) is 5.46. The molecule has 2 rings (SSSR count). The standard InChI is InChI=1S/C16H21BrFN3/c1-3-21-15(16(17)11(2)20-21)9-13(10-19)7-12-5-4-6-14(18)8-12/h4-6,8,13H,3,7,9-10,19H2,1-2H3. The number of hydrogen-bond donors (Lipinski definition) is 1. The molecule has 3 nitrogen and oxygen atoms in total. The third-order valence-electron chi connectivity index (χ3n) is 3.68. The predicted molar refractivity (Wildman–Crippen MR) is 86.7 cm³/mol. The number of nitrogens with zero attached hydrogens (tertiary/aromatic N) is 2. The number of nitrogens with two attached hydrogens (primary N) is 1. The molecule has 1 atom stereocenters. The number of halogens is 2. The Balaban J connectivity index is 2.16. The van der Waals surface area contributed by atoms with E-state index >= 15 is 0 Å². The molecule has 114 valence electrons. The van der Waals surface area contributed by atoms with Gasteiger partial charge in [-0.15, -0.1) is 0 Å². The van der Waals surface area contributed by atoms with E-state index in [4.69, 9.17) is 5.73 Å². The summed E-state index contributed by atoms with van der Waals surface area (Å²) in [6, 6.07) is 6.74. The second-order valence-electron chi connectivity index (χ2n) is 5.30. The van der Waals surface area contributed by atoms with Gasteiger partial charge in [0.25, 0.3) is 0 Å². The van der Waals surface area contributed by atoms with E-state index in [-0.39, 0.29) is 11.7 Å². The van der Waals surface area contributed by atoms with Crippen molar-refractivity contribution in [2.45, 2.75) is 33.2 Å². The Morgan fingerprint density at radius 1 is 1.38 bits per heavy atom. The van der Waals surface area contributed by atoms with Gasteiger partial charge in [0.15, 0.2) is 0 Å². The SMILES string of the molecule is CCn1nc(C)c(Br)c1CC(CN)Cc1cccc(F)c1. The highest BCUT2D eigenvalue weighted by Gasteiger charge is 2.17. The summed E-state index contributed by atoms with van der Waals surface area (Å²) in [5, 5.41) is 4.51. The van der Waals surface area contributed by atoms with Gasteiger partial charge in [0.05, 0.1) is 15.9 Å². The summed E-state index contributed by atoms with van der Waals surface area (Å²) in [5.74, 6) is 0.0726. The van der Waals surface area contributed by atoms with Crippen molar-refractivity contribution in [1.29, 1.82) is 0 Å². The van der Waals surface area contributed by atoms with Crippen LogP contribution in [-0.4, -0.2) is 16.3 Å². The van der Waals surface area contributed by atoms with E-state index in [0.29, 0.717) is 6.54 Å². The van der Waals surface area contributed by atoms with Crippen molar-refractivity contribution < 1.29 is 4.39 Å². The smallest absolute Gasteiger partial charge is 0.123 e. The van der Waals surface area contributed by atoms with Crippen LogP contribution in [0.25, 0.3) is 0 Å². The highest BCUT2D eigenvalue weighted by Crippen LogP contribution is 2.25. The second-order valence-corrected chi connectivity index (χ2v) is 6.09. The van der Waals surface area contributed by atoms with E-state index in [0.717, 1.165) is 35.1 Å². The van der Waals surface area contributed by atoms with Gasteiger partial charge in [-0.2, -0.15) is 5.10 Å². The Labute approximate surface area is 133 Å². The highest BCUT2D eigenvalue weighted by molar-refractivity contribution is 9.10. The molecule has 1 heterocycles. The molecule has 2 N–H and O–H groups in total. The topological polar surface area (TPSA) is 43.8 Å². The van der Waals surface area contributed by atoms with Crippen LogP contribution in [0, 0.1) is 18.7 Å². The number of hydrogen-bond acceptors (Lipinski definition) is 2. The normalized spacial score (nSPS) is 12.6. The molecule has 2 aromatic rings. The van der Waals surface area contributed by atoms with Crippen LogP contribution in [-0.2, 0) is 19.4 Å².